The summed E-state index contributed by atoms with van der Waals surface area (Å²) in [5.74, 6) is 2.21. The molecule has 37 heavy (non-hydrogen) atoms. The lowest BCUT2D eigenvalue weighted by Crippen LogP contribution is -2.47. The second-order valence-electron chi connectivity index (χ2n) is 13.4. The van der Waals surface area contributed by atoms with Crippen molar-refractivity contribution in [3.63, 3.8) is 0 Å². The second kappa shape index (κ2) is 11.5. The van der Waals surface area contributed by atoms with Crippen molar-refractivity contribution in [3.8, 4) is 5.75 Å². The van der Waals surface area contributed by atoms with Crippen molar-refractivity contribution in [2.45, 2.75) is 104 Å². The molecule has 4 nitrogen and oxygen atoms in total. The Bertz CT molecular complexity index is 949. The number of allylic oxidation sites excluding steroid dienone is 1. The van der Waals surface area contributed by atoms with Gasteiger partial charge in [-0.1, -0.05) is 65.8 Å². The molecule has 0 heterocycles. The van der Waals surface area contributed by atoms with Gasteiger partial charge in [0, 0.05) is 24.1 Å². The van der Waals surface area contributed by atoms with Crippen LogP contribution in [-0.2, 0) is 20.6 Å². The largest absolute Gasteiger partial charge is 0.497 e. The quantitative estimate of drug-likeness (QED) is 0.159. The third-order valence-corrected chi connectivity index (χ3v) is 14.3. The van der Waals surface area contributed by atoms with E-state index in [0.29, 0.717) is 30.6 Å². The number of fused-ring (bicyclic) bond motifs is 1. The summed E-state index contributed by atoms with van der Waals surface area (Å²) >= 11 is 5.89. The van der Waals surface area contributed by atoms with Crippen LogP contribution in [-0.4, -0.2) is 38.8 Å². The summed E-state index contributed by atoms with van der Waals surface area (Å²) in [6, 6.07) is 7.96. The highest BCUT2D eigenvalue weighted by atomic mass is 35.5. The number of methoxy groups -OCH3 is 1. The van der Waals surface area contributed by atoms with Gasteiger partial charge in [0.2, 0.25) is 0 Å². The van der Waals surface area contributed by atoms with Crippen LogP contribution in [0, 0.1) is 23.2 Å². The van der Waals surface area contributed by atoms with E-state index in [9.17, 15) is 4.79 Å². The normalized spacial score (nSPS) is 28.6. The smallest absolute Gasteiger partial charge is 0.192 e. The molecule has 0 bridgehead atoms. The van der Waals surface area contributed by atoms with Crippen molar-refractivity contribution in [3.05, 3.63) is 42.0 Å². The van der Waals surface area contributed by atoms with Gasteiger partial charge in [-0.3, -0.25) is 4.79 Å². The molecule has 5 atom stereocenters. The van der Waals surface area contributed by atoms with Crippen LogP contribution in [0.15, 0.2) is 36.4 Å². The lowest BCUT2D eigenvalue weighted by molar-refractivity contribution is -0.126. The first-order valence-electron chi connectivity index (χ1n) is 13.9. The number of rotatable bonds is 11. The Labute approximate surface area is 231 Å². The van der Waals surface area contributed by atoms with Gasteiger partial charge in [-0.2, -0.15) is 0 Å². The number of hydrogen-bond donors (Lipinski definition) is 0. The maximum Gasteiger partial charge on any atom is 0.192 e. The molecule has 0 aromatic heterocycles. The van der Waals surface area contributed by atoms with Crippen LogP contribution in [0.3, 0.4) is 0 Å². The minimum atomic E-state index is -1.99. The van der Waals surface area contributed by atoms with Crippen LogP contribution in [0.4, 0.5) is 0 Å². The van der Waals surface area contributed by atoms with Crippen LogP contribution < -0.4 is 4.74 Å². The lowest BCUT2D eigenvalue weighted by atomic mass is 9.80. The number of Topliss-reactive ketones (excluding diaryl/α,β-unsaturated/α-hetero) is 1. The molecule has 0 saturated heterocycles. The zero-order chi connectivity index (χ0) is 27.6. The van der Waals surface area contributed by atoms with Gasteiger partial charge in [-0.05, 0) is 66.4 Å². The van der Waals surface area contributed by atoms with E-state index in [4.69, 9.17) is 25.5 Å². The molecular formula is C31H49ClO4Si. The number of carbonyl (C=O) groups is 1. The van der Waals surface area contributed by atoms with Gasteiger partial charge in [0.15, 0.2) is 8.32 Å². The van der Waals surface area contributed by atoms with Crippen LogP contribution in [0.25, 0.3) is 0 Å². The number of hydrogen-bond acceptors (Lipinski definition) is 4. The van der Waals surface area contributed by atoms with E-state index in [2.05, 4.69) is 60.7 Å². The van der Waals surface area contributed by atoms with Crippen molar-refractivity contribution in [1.82, 2.24) is 0 Å². The summed E-state index contributed by atoms with van der Waals surface area (Å²) in [6.45, 7) is 19.0. The Balaban J connectivity index is 1.76. The molecule has 0 radical (unpaired) electrons. The van der Waals surface area contributed by atoms with Gasteiger partial charge < -0.3 is 13.9 Å². The van der Waals surface area contributed by atoms with E-state index < -0.39 is 8.32 Å². The molecule has 0 unspecified atom stereocenters. The number of ketones is 1. The summed E-state index contributed by atoms with van der Waals surface area (Å²) in [7, 11) is -0.316. The first-order valence-corrected chi connectivity index (χ1v) is 17.3. The summed E-state index contributed by atoms with van der Waals surface area (Å²) in [6.07, 6.45) is 7.03. The fourth-order valence-electron chi connectivity index (χ4n) is 6.02. The summed E-state index contributed by atoms with van der Waals surface area (Å²) < 4.78 is 18.9. The highest BCUT2D eigenvalue weighted by Gasteiger charge is 2.75. The fourth-order valence-corrected chi connectivity index (χ4v) is 7.85. The Hall–Kier alpha value is -1.14. The predicted octanol–water partition coefficient (Wildman–Crippen LogP) is 8.19. The molecule has 1 aromatic rings. The van der Waals surface area contributed by atoms with E-state index in [1.54, 1.807) is 7.11 Å². The fraction of sp³-hybridized carbons (Fsp3) is 0.710. The highest BCUT2D eigenvalue weighted by Crippen LogP contribution is 2.71. The highest BCUT2D eigenvalue weighted by molar-refractivity contribution is 6.74. The summed E-state index contributed by atoms with van der Waals surface area (Å²) in [5.41, 5.74) is 0.930. The van der Waals surface area contributed by atoms with Crippen LogP contribution in [0.2, 0.25) is 18.1 Å². The standard InChI is InChI=1S/C31H49ClO4Si/c1-22-20-31(36-37(8,9)29(2,3)4)28(30(31,5)6)19-27(33)26(22)18-25(12-10-11-17-32)35-21-23-13-15-24(34-7)16-14-23/h10-11,13-16,22,25-26,28H,12,17-21H2,1-9H3/b11-10+/t22-,25-,26+,28-,31+/m1/s1. The first-order chi connectivity index (χ1) is 17.2. The van der Waals surface area contributed by atoms with E-state index in [1.807, 2.05) is 30.3 Å². The summed E-state index contributed by atoms with van der Waals surface area (Å²) in [4.78, 5) is 13.7. The maximum atomic E-state index is 13.7. The molecule has 1 aromatic carbocycles. The maximum absolute atomic E-state index is 13.7. The monoisotopic (exact) mass is 548 g/mol. The van der Waals surface area contributed by atoms with Crippen LogP contribution in [0.5, 0.6) is 5.75 Å². The van der Waals surface area contributed by atoms with Gasteiger partial charge in [-0.25, -0.2) is 0 Å². The van der Waals surface area contributed by atoms with Crippen LogP contribution >= 0.6 is 11.6 Å². The van der Waals surface area contributed by atoms with E-state index in [0.717, 1.165) is 30.6 Å². The third kappa shape index (κ3) is 6.54. The van der Waals surface area contributed by atoms with Crippen molar-refractivity contribution in [2.75, 3.05) is 13.0 Å². The Morgan fingerprint density at radius 2 is 1.81 bits per heavy atom. The third-order valence-electron chi connectivity index (χ3n) is 9.63. The average Bonchev–Trinajstić information content (AvgIpc) is 3.28. The van der Waals surface area contributed by atoms with Crippen molar-refractivity contribution < 1.29 is 18.7 Å². The van der Waals surface area contributed by atoms with Gasteiger partial charge in [0.1, 0.15) is 11.5 Å². The van der Waals surface area contributed by atoms with Gasteiger partial charge in [0.05, 0.1) is 25.4 Å². The van der Waals surface area contributed by atoms with Gasteiger partial charge >= 0.3 is 0 Å². The van der Waals surface area contributed by atoms with Gasteiger partial charge in [-0.15, -0.1) is 11.6 Å². The minimum Gasteiger partial charge on any atom is -0.497 e. The van der Waals surface area contributed by atoms with Gasteiger partial charge in [0.25, 0.3) is 0 Å². The molecule has 6 heteroatoms. The molecule has 208 valence electrons. The molecule has 2 fully saturated rings. The number of benzene rings is 1. The van der Waals surface area contributed by atoms with Crippen LogP contribution in [0.1, 0.15) is 72.8 Å². The molecule has 2 aliphatic carbocycles. The first kappa shape index (κ1) is 30.4. The van der Waals surface area contributed by atoms with E-state index >= 15 is 0 Å². The molecule has 0 amide bonds. The Morgan fingerprint density at radius 3 is 2.38 bits per heavy atom. The minimum absolute atomic E-state index is 0.0197. The predicted molar refractivity (Wildman–Crippen MR) is 156 cm³/mol. The average molecular weight is 549 g/mol. The second-order valence-corrected chi connectivity index (χ2v) is 18.4. The zero-order valence-corrected chi connectivity index (χ0v) is 26.3. The summed E-state index contributed by atoms with van der Waals surface area (Å²) in [5, 5.41) is 0.138. The molecule has 2 aliphatic rings. The zero-order valence-electron chi connectivity index (χ0n) is 24.5. The molecule has 2 saturated carbocycles. The molecule has 0 N–H and O–H groups in total. The van der Waals surface area contributed by atoms with E-state index in [-0.39, 0.29) is 34.0 Å². The van der Waals surface area contributed by atoms with Crippen molar-refractivity contribution in [2.24, 2.45) is 23.2 Å². The van der Waals surface area contributed by atoms with Crippen molar-refractivity contribution >= 4 is 25.7 Å². The lowest BCUT2D eigenvalue weighted by Gasteiger charge is -2.42. The number of carbonyl (C=O) groups excluding carboxylic acids is 1. The van der Waals surface area contributed by atoms with E-state index in [1.165, 1.54) is 0 Å². The molecule has 0 aliphatic heterocycles. The Kier molecular flexibility index (Phi) is 9.48. The SMILES string of the molecule is COc1ccc(CO[C@H](C/C=C/CCl)C[C@@H]2C(=O)C[C@@H]3C(C)(C)[C@]3(O[Si](C)(C)C(C)(C)C)C[C@H]2C)cc1. The number of alkyl halides is 1. The molecular weight excluding hydrogens is 500 g/mol. The number of halogens is 1. The topological polar surface area (TPSA) is 44.8 Å². The Morgan fingerprint density at radius 1 is 1.16 bits per heavy atom. The number of ether oxygens (including phenoxy) is 2. The van der Waals surface area contributed by atoms with Crippen molar-refractivity contribution in [1.29, 1.82) is 0 Å². The molecule has 3 rings (SSSR count). The molecule has 0 spiro atoms.